The van der Waals surface area contributed by atoms with Crippen LogP contribution < -0.4 is 5.32 Å². The number of amides is 1. The number of fused-ring (bicyclic) bond motifs is 1. The van der Waals surface area contributed by atoms with Gasteiger partial charge in [-0.25, -0.2) is 0 Å². The zero-order valence-electron chi connectivity index (χ0n) is 12.3. The largest absolute Gasteiger partial charge is 0.351 e. The zero-order valence-corrected chi connectivity index (χ0v) is 12.3. The Kier molecular flexibility index (Phi) is 3.68. The fraction of sp³-hybridized carbons (Fsp3) is 0.467. The third-order valence-electron chi connectivity index (χ3n) is 3.83. The molecule has 0 saturated heterocycles. The van der Waals surface area contributed by atoms with Gasteiger partial charge in [0.05, 0.1) is 6.42 Å². The number of pyridine rings is 1. The Morgan fingerprint density at radius 2 is 2.24 bits per heavy atom. The van der Waals surface area contributed by atoms with E-state index in [1.165, 1.54) is 0 Å². The number of nitrogens with one attached hydrogen (secondary N) is 1. The molecule has 3 rings (SSSR count). The van der Waals surface area contributed by atoms with E-state index in [1.54, 1.807) is 6.20 Å². The van der Waals surface area contributed by atoms with E-state index < -0.39 is 0 Å². The molecule has 3 heterocycles. The molecule has 1 N–H and O–H groups in total. The Morgan fingerprint density at radius 3 is 3.00 bits per heavy atom. The molecule has 1 aliphatic rings. The number of aryl methyl sites for hydroxylation is 3. The van der Waals surface area contributed by atoms with Crippen LogP contribution in [-0.2, 0) is 24.2 Å². The number of nitrogens with zero attached hydrogens (tertiary/aromatic N) is 4. The second kappa shape index (κ2) is 5.63. The summed E-state index contributed by atoms with van der Waals surface area (Å²) in [7, 11) is 0. The summed E-state index contributed by atoms with van der Waals surface area (Å²) >= 11 is 0. The molecule has 6 nitrogen and oxygen atoms in total. The van der Waals surface area contributed by atoms with Crippen LogP contribution in [0.1, 0.15) is 29.3 Å². The van der Waals surface area contributed by atoms with E-state index in [2.05, 4.69) is 25.1 Å². The topological polar surface area (TPSA) is 72.7 Å². The van der Waals surface area contributed by atoms with Crippen LogP contribution in [0.4, 0.5) is 0 Å². The molecular formula is C15H19N5O. The average molecular weight is 285 g/mol. The summed E-state index contributed by atoms with van der Waals surface area (Å²) in [5, 5.41) is 11.3. The highest BCUT2D eigenvalue weighted by Gasteiger charge is 2.22. The van der Waals surface area contributed by atoms with E-state index >= 15 is 0 Å². The second-order valence-electron chi connectivity index (χ2n) is 5.56. The predicted octanol–water partition coefficient (Wildman–Crippen LogP) is 0.964. The molecule has 0 spiro atoms. The summed E-state index contributed by atoms with van der Waals surface area (Å²) in [5.74, 6) is 1.97. The standard InChI is InChI=1S/C15H19N5O/c1-10-3-4-12(8-16-10)7-15(21)17-13-5-6-14-19-18-11(2)20(14)9-13/h3-4,8,13H,5-7,9H2,1-2H3,(H,17,21)/t13-/m1/s1. The second-order valence-corrected chi connectivity index (χ2v) is 5.56. The summed E-state index contributed by atoms with van der Waals surface area (Å²) in [6.45, 7) is 4.63. The van der Waals surface area contributed by atoms with Crippen LogP contribution in [-0.4, -0.2) is 31.7 Å². The lowest BCUT2D eigenvalue weighted by Crippen LogP contribution is -2.41. The molecule has 0 bridgehead atoms. The molecule has 2 aromatic heterocycles. The van der Waals surface area contributed by atoms with Crippen molar-refractivity contribution in [3.05, 3.63) is 41.2 Å². The summed E-state index contributed by atoms with van der Waals surface area (Å²) in [6, 6.07) is 4.03. The summed E-state index contributed by atoms with van der Waals surface area (Å²) in [6.07, 6.45) is 3.91. The first-order valence-electron chi connectivity index (χ1n) is 7.21. The average Bonchev–Trinajstić information content (AvgIpc) is 2.83. The van der Waals surface area contributed by atoms with Crippen LogP contribution in [0, 0.1) is 13.8 Å². The van der Waals surface area contributed by atoms with Crippen LogP contribution in [0.5, 0.6) is 0 Å². The number of carbonyl (C=O) groups is 1. The Morgan fingerprint density at radius 1 is 1.38 bits per heavy atom. The molecule has 110 valence electrons. The Hall–Kier alpha value is -2.24. The maximum Gasteiger partial charge on any atom is 0.224 e. The van der Waals surface area contributed by atoms with Crippen molar-refractivity contribution in [2.24, 2.45) is 0 Å². The van der Waals surface area contributed by atoms with E-state index in [0.717, 1.165) is 42.3 Å². The van der Waals surface area contributed by atoms with Crippen molar-refractivity contribution in [3.8, 4) is 0 Å². The number of hydrogen-bond donors (Lipinski definition) is 1. The first-order valence-corrected chi connectivity index (χ1v) is 7.21. The van der Waals surface area contributed by atoms with Gasteiger partial charge in [-0.05, 0) is 31.9 Å². The van der Waals surface area contributed by atoms with Gasteiger partial charge in [0.15, 0.2) is 0 Å². The van der Waals surface area contributed by atoms with Crippen molar-refractivity contribution < 1.29 is 4.79 Å². The monoisotopic (exact) mass is 285 g/mol. The maximum absolute atomic E-state index is 12.1. The van der Waals surface area contributed by atoms with Gasteiger partial charge in [0.2, 0.25) is 5.91 Å². The predicted molar refractivity (Wildman–Crippen MR) is 77.7 cm³/mol. The third-order valence-corrected chi connectivity index (χ3v) is 3.83. The highest BCUT2D eigenvalue weighted by molar-refractivity contribution is 5.78. The Labute approximate surface area is 123 Å². The van der Waals surface area contributed by atoms with Gasteiger partial charge in [-0.15, -0.1) is 10.2 Å². The normalized spacial score (nSPS) is 17.3. The van der Waals surface area contributed by atoms with Gasteiger partial charge in [-0.2, -0.15) is 0 Å². The van der Waals surface area contributed by atoms with Gasteiger partial charge in [-0.1, -0.05) is 6.07 Å². The van der Waals surface area contributed by atoms with Gasteiger partial charge < -0.3 is 9.88 Å². The van der Waals surface area contributed by atoms with Gasteiger partial charge in [0, 0.05) is 30.9 Å². The molecule has 2 aromatic rings. The molecule has 1 aliphatic heterocycles. The number of hydrogen-bond acceptors (Lipinski definition) is 4. The van der Waals surface area contributed by atoms with Gasteiger partial charge in [-0.3, -0.25) is 9.78 Å². The lowest BCUT2D eigenvalue weighted by molar-refractivity contribution is -0.121. The minimum atomic E-state index is 0.0415. The molecule has 0 fully saturated rings. The molecule has 1 amide bonds. The van der Waals surface area contributed by atoms with E-state index in [0.29, 0.717) is 6.42 Å². The molecule has 21 heavy (non-hydrogen) atoms. The fourth-order valence-corrected chi connectivity index (χ4v) is 2.65. The van der Waals surface area contributed by atoms with Crippen molar-refractivity contribution in [3.63, 3.8) is 0 Å². The molecule has 0 aliphatic carbocycles. The highest BCUT2D eigenvalue weighted by atomic mass is 16.1. The van der Waals surface area contributed by atoms with E-state index in [9.17, 15) is 4.79 Å². The molecule has 0 radical (unpaired) electrons. The minimum absolute atomic E-state index is 0.0415. The summed E-state index contributed by atoms with van der Waals surface area (Å²) < 4.78 is 2.09. The quantitative estimate of drug-likeness (QED) is 0.912. The molecular weight excluding hydrogens is 266 g/mol. The van der Waals surface area contributed by atoms with E-state index in [4.69, 9.17) is 0 Å². The van der Waals surface area contributed by atoms with Crippen molar-refractivity contribution in [1.29, 1.82) is 0 Å². The van der Waals surface area contributed by atoms with Crippen LogP contribution in [0.25, 0.3) is 0 Å². The van der Waals surface area contributed by atoms with Crippen molar-refractivity contribution >= 4 is 5.91 Å². The van der Waals surface area contributed by atoms with Crippen molar-refractivity contribution in [1.82, 2.24) is 25.1 Å². The lowest BCUT2D eigenvalue weighted by atomic mass is 10.1. The number of carbonyl (C=O) groups excluding carboxylic acids is 1. The first-order chi connectivity index (χ1) is 10.1. The zero-order chi connectivity index (χ0) is 14.8. The number of aromatic nitrogens is 4. The molecule has 6 heteroatoms. The van der Waals surface area contributed by atoms with Crippen LogP contribution in [0.2, 0.25) is 0 Å². The van der Waals surface area contributed by atoms with E-state index in [-0.39, 0.29) is 11.9 Å². The highest BCUT2D eigenvalue weighted by Crippen LogP contribution is 2.14. The Bertz CT molecular complexity index is 647. The minimum Gasteiger partial charge on any atom is -0.351 e. The molecule has 0 saturated carbocycles. The summed E-state index contributed by atoms with van der Waals surface area (Å²) in [5.41, 5.74) is 1.90. The van der Waals surface area contributed by atoms with Crippen LogP contribution in [0.15, 0.2) is 18.3 Å². The molecule has 1 atom stereocenters. The maximum atomic E-state index is 12.1. The third kappa shape index (κ3) is 3.09. The molecule has 0 aromatic carbocycles. The van der Waals surface area contributed by atoms with Gasteiger partial charge >= 0.3 is 0 Å². The Balaban J connectivity index is 1.58. The van der Waals surface area contributed by atoms with Crippen LogP contribution in [0.3, 0.4) is 0 Å². The van der Waals surface area contributed by atoms with Crippen molar-refractivity contribution in [2.75, 3.05) is 0 Å². The number of rotatable bonds is 3. The van der Waals surface area contributed by atoms with Gasteiger partial charge in [0.1, 0.15) is 11.6 Å². The molecule has 0 unspecified atom stereocenters. The fourth-order valence-electron chi connectivity index (χ4n) is 2.65. The smallest absolute Gasteiger partial charge is 0.224 e. The first kappa shape index (κ1) is 13.7. The van der Waals surface area contributed by atoms with E-state index in [1.807, 2.05) is 26.0 Å². The van der Waals surface area contributed by atoms with Gasteiger partial charge in [0.25, 0.3) is 0 Å². The lowest BCUT2D eigenvalue weighted by Gasteiger charge is -2.24. The SMILES string of the molecule is Cc1ccc(CC(=O)N[C@@H]2CCc3nnc(C)n3C2)cn1. The summed E-state index contributed by atoms with van der Waals surface area (Å²) in [4.78, 5) is 16.3. The van der Waals surface area contributed by atoms with Crippen LogP contribution >= 0.6 is 0 Å². The van der Waals surface area contributed by atoms with Crippen molar-refractivity contribution in [2.45, 2.75) is 45.7 Å².